The Balaban J connectivity index is 2.24. The van der Waals surface area contributed by atoms with Crippen LogP contribution in [0.2, 0.25) is 0 Å². The molecule has 0 saturated carbocycles. The number of amides is 1. The molecule has 1 heterocycles. The third-order valence-corrected chi connectivity index (χ3v) is 3.93. The van der Waals surface area contributed by atoms with Gasteiger partial charge in [0.25, 0.3) is 0 Å². The number of rotatable bonds is 6. The monoisotopic (exact) mass is 362 g/mol. The molecule has 5 atom stereocenters. The Morgan fingerprint density at radius 3 is 2.58 bits per heavy atom. The van der Waals surface area contributed by atoms with E-state index in [1.807, 2.05) is 30.3 Å². The molecule has 1 amide bonds. The van der Waals surface area contributed by atoms with Gasteiger partial charge in [-0.15, -0.1) is 0 Å². The fourth-order valence-electron chi connectivity index (χ4n) is 2.85. The van der Waals surface area contributed by atoms with Crippen molar-refractivity contribution in [3.63, 3.8) is 0 Å². The fourth-order valence-corrected chi connectivity index (χ4v) is 2.85. The molecule has 2 rings (SSSR count). The molecule has 1 fully saturated rings. The van der Waals surface area contributed by atoms with Crippen LogP contribution in [0, 0.1) is 0 Å². The molecule has 1 N–H and O–H groups in total. The lowest BCUT2D eigenvalue weighted by Gasteiger charge is -2.43. The van der Waals surface area contributed by atoms with E-state index in [0.29, 0.717) is 0 Å². The van der Waals surface area contributed by atoms with Gasteiger partial charge in [0.1, 0.15) is 18.2 Å². The van der Waals surface area contributed by atoms with Crippen molar-refractivity contribution in [3.8, 4) is 0 Å². The van der Waals surface area contributed by atoms with Crippen LogP contribution in [0.25, 0.3) is 10.4 Å². The van der Waals surface area contributed by atoms with Gasteiger partial charge in [0.2, 0.25) is 5.91 Å². The van der Waals surface area contributed by atoms with Gasteiger partial charge < -0.3 is 19.5 Å². The highest BCUT2D eigenvalue weighted by atomic mass is 16.7. The second-order valence-corrected chi connectivity index (χ2v) is 6.00. The standard InChI is InChI=1S/C17H22N4O5/c1-10-14(20-21-18)16(26-12(3)23)15(19-11(2)22)17(25-10)24-9-13-7-5-4-6-8-13/h4-8,10,14-17H,9H2,1-3H3,(H,19,22)/t10-,14-,15+,16+,17+/m0/s1. The molecule has 9 heteroatoms. The summed E-state index contributed by atoms with van der Waals surface area (Å²) in [5.41, 5.74) is 9.74. The van der Waals surface area contributed by atoms with Crippen molar-refractivity contribution in [2.75, 3.05) is 0 Å². The molecule has 9 nitrogen and oxygen atoms in total. The van der Waals surface area contributed by atoms with Gasteiger partial charge in [-0.25, -0.2) is 0 Å². The molecule has 1 aromatic rings. The van der Waals surface area contributed by atoms with Gasteiger partial charge in [0, 0.05) is 18.8 Å². The van der Waals surface area contributed by atoms with Crippen LogP contribution in [0.3, 0.4) is 0 Å². The summed E-state index contributed by atoms with van der Waals surface area (Å²) in [5.74, 6) is -0.905. The van der Waals surface area contributed by atoms with Crippen LogP contribution in [0.5, 0.6) is 0 Å². The maximum atomic E-state index is 11.6. The first-order valence-electron chi connectivity index (χ1n) is 8.22. The Bertz CT molecular complexity index is 677. The van der Waals surface area contributed by atoms with Crippen molar-refractivity contribution in [3.05, 3.63) is 46.3 Å². The SMILES string of the molecule is CC(=O)N[C@H]1[C@H](OCc2ccccc2)O[C@@H](C)[C@H](N=[N+]=[N-])[C@H]1OC(C)=O. The number of hydrogen-bond acceptors (Lipinski definition) is 6. The van der Waals surface area contributed by atoms with Gasteiger partial charge in [-0.05, 0) is 18.0 Å². The number of benzene rings is 1. The van der Waals surface area contributed by atoms with Crippen molar-refractivity contribution in [1.29, 1.82) is 0 Å². The summed E-state index contributed by atoms with van der Waals surface area (Å²) in [4.78, 5) is 26.0. The van der Waals surface area contributed by atoms with Crippen molar-refractivity contribution < 1.29 is 23.8 Å². The van der Waals surface area contributed by atoms with Gasteiger partial charge in [-0.1, -0.05) is 35.4 Å². The summed E-state index contributed by atoms with van der Waals surface area (Å²) < 4.78 is 17.0. The van der Waals surface area contributed by atoms with E-state index < -0.39 is 36.6 Å². The van der Waals surface area contributed by atoms with E-state index in [0.717, 1.165) is 5.56 Å². The van der Waals surface area contributed by atoms with Gasteiger partial charge in [0.05, 0.1) is 12.7 Å². The minimum atomic E-state index is -0.906. The van der Waals surface area contributed by atoms with E-state index in [1.165, 1.54) is 13.8 Å². The minimum Gasteiger partial charge on any atom is -0.460 e. The highest BCUT2D eigenvalue weighted by Crippen LogP contribution is 2.27. The van der Waals surface area contributed by atoms with Gasteiger partial charge in [-0.3, -0.25) is 9.59 Å². The number of esters is 1. The zero-order valence-corrected chi connectivity index (χ0v) is 14.9. The third-order valence-electron chi connectivity index (χ3n) is 3.93. The Hall–Kier alpha value is -2.61. The fraction of sp³-hybridized carbons (Fsp3) is 0.529. The normalized spacial score (nSPS) is 27.9. The van der Waals surface area contributed by atoms with Crippen molar-refractivity contribution >= 4 is 11.9 Å². The smallest absolute Gasteiger partial charge is 0.302 e. The van der Waals surface area contributed by atoms with Crippen molar-refractivity contribution in [2.24, 2.45) is 5.11 Å². The number of nitrogens with one attached hydrogen (secondary N) is 1. The number of carbonyl (C=O) groups excluding carboxylic acids is 2. The van der Waals surface area contributed by atoms with E-state index in [1.54, 1.807) is 6.92 Å². The number of ether oxygens (including phenoxy) is 3. The highest BCUT2D eigenvalue weighted by Gasteiger charge is 2.47. The zero-order chi connectivity index (χ0) is 19.1. The number of azide groups is 1. The number of hydrogen-bond donors (Lipinski definition) is 1. The average molecular weight is 362 g/mol. The topological polar surface area (TPSA) is 123 Å². The second kappa shape index (κ2) is 9.19. The number of carbonyl (C=O) groups is 2. The second-order valence-electron chi connectivity index (χ2n) is 6.00. The Morgan fingerprint density at radius 1 is 1.31 bits per heavy atom. The first-order chi connectivity index (χ1) is 12.4. The molecule has 0 unspecified atom stereocenters. The summed E-state index contributed by atoms with van der Waals surface area (Å²) in [7, 11) is 0. The molecular weight excluding hydrogens is 340 g/mol. The average Bonchev–Trinajstić information content (AvgIpc) is 2.59. The summed E-state index contributed by atoms with van der Waals surface area (Å²) in [6.07, 6.45) is -2.35. The lowest BCUT2D eigenvalue weighted by atomic mass is 9.95. The molecule has 0 bridgehead atoms. The first kappa shape index (κ1) is 19.7. The molecule has 0 aromatic heterocycles. The molecule has 1 aliphatic rings. The number of nitrogens with zero attached hydrogens (tertiary/aromatic N) is 3. The van der Waals surface area contributed by atoms with E-state index in [-0.39, 0.29) is 12.5 Å². The summed E-state index contributed by atoms with van der Waals surface area (Å²) >= 11 is 0. The highest BCUT2D eigenvalue weighted by molar-refractivity contribution is 5.73. The van der Waals surface area contributed by atoms with E-state index in [2.05, 4.69) is 15.3 Å². The van der Waals surface area contributed by atoms with E-state index in [9.17, 15) is 9.59 Å². The Labute approximate surface area is 151 Å². The largest absolute Gasteiger partial charge is 0.460 e. The quantitative estimate of drug-likeness (QED) is 0.359. The molecule has 1 saturated heterocycles. The first-order valence-corrected chi connectivity index (χ1v) is 8.22. The van der Waals surface area contributed by atoms with Crippen molar-refractivity contribution in [2.45, 2.75) is 58.0 Å². The van der Waals surface area contributed by atoms with E-state index >= 15 is 0 Å². The zero-order valence-electron chi connectivity index (χ0n) is 14.9. The Kier molecular flexibility index (Phi) is 6.97. The predicted octanol–water partition coefficient (Wildman–Crippen LogP) is 2.06. The Morgan fingerprint density at radius 2 is 2.00 bits per heavy atom. The third kappa shape index (κ3) is 5.19. The lowest BCUT2D eigenvalue weighted by molar-refractivity contribution is -0.242. The van der Waals surface area contributed by atoms with Crippen LogP contribution >= 0.6 is 0 Å². The van der Waals surface area contributed by atoms with Gasteiger partial charge >= 0.3 is 5.97 Å². The molecule has 1 aromatic carbocycles. The molecule has 0 aliphatic carbocycles. The minimum absolute atomic E-state index is 0.243. The van der Waals surface area contributed by atoms with Crippen molar-refractivity contribution in [1.82, 2.24) is 5.32 Å². The van der Waals surface area contributed by atoms with Crippen LogP contribution in [-0.4, -0.2) is 42.5 Å². The summed E-state index contributed by atoms with van der Waals surface area (Å²) in [6, 6.07) is 7.84. The van der Waals surface area contributed by atoms with Gasteiger partial charge in [0.15, 0.2) is 6.29 Å². The van der Waals surface area contributed by atoms with Crippen LogP contribution in [0.15, 0.2) is 35.4 Å². The summed E-state index contributed by atoms with van der Waals surface area (Å²) in [5, 5.41) is 6.36. The lowest BCUT2D eigenvalue weighted by Crippen LogP contribution is -2.63. The molecule has 1 aliphatic heterocycles. The molecular formula is C17H22N4O5. The molecule has 0 radical (unpaired) electrons. The maximum Gasteiger partial charge on any atom is 0.302 e. The summed E-state index contributed by atoms with van der Waals surface area (Å²) in [6.45, 7) is 4.52. The van der Waals surface area contributed by atoms with Crippen LogP contribution < -0.4 is 5.32 Å². The molecule has 26 heavy (non-hydrogen) atoms. The molecule has 0 spiro atoms. The van der Waals surface area contributed by atoms with Gasteiger partial charge in [-0.2, -0.15) is 0 Å². The molecule has 140 valence electrons. The maximum absolute atomic E-state index is 11.6. The van der Waals surface area contributed by atoms with Crippen LogP contribution in [0.4, 0.5) is 0 Å². The van der Waals surface area contributed by atoms with Crippen LogP contribution in [-0.2, 0) is 30.4 Å². The predicted molar refractivity (Wildman–Crippen MR) is 91.7 cm³/mol. The van der Waals surface area contributed by atoms with Crippen LogP contribution in [0.1, 0.15) is 26.3 Å². The van der Waals surface area contributed by atoms with E-state index in [4.69, 9.17) is 19.7 Å².